The number of rotatable bonds is 12. The molecule has 1 fully saturated rings. The van der Waals surface area contributed by atoms with Crippen LogP contribution >= 0.6 is 0 Å². The molecule has 0 aliphatic heterocycles. The van der Waals surface area contributed by atoms with E-state index in [4.69, 9.17) is 0 Å². The van der Waals surface area contributed by atoms with Crippen LogP contribution in [-0.4, -0.2) is 68.7 Å². The Labute approximate surface area is 234 Å². The Bertz CT molecular complexity index is 1210. The second kappa shape index (κ2) is 13.9. The molecule has 0 aromatic heterocycles. The van der Waals surface area contributed by atoms with Crippen molar-refractivity contribution in [2.75, 3.05) is 31.5 Å². The monoisotopic (exact) mass is 556 g/mol. The summed E-state index contributed by atoms with van der Waals surface area (Å²) in [5, 5.41) is 3.18. The average Bonchev–Trinajstić information content (AvgIpc) is 2.91. The van der Waals surface area contributed by atoms with Crippen molar-refractivity contribution in [1.29, 1.82) is 0 Å². The molecule has 0 heterocycles. The van der Waals surface area contributed by atoms with Crippen LogP contribution in [0.15, 0.2) is 48.5 Å². The molecule has 0 saturated heterocycles. The van der Waals surface area contributed by atoms with E-state index in [-0.39, 0.29) is 11.9 Å². The fourth-order valence-electron chi connectivity index (χ4n) is 5.13. The van der Waals surface area contributed by atoms with Crippen LogP contribution in [0, 0.1) is 13.8 Å². The van der Waals surface area contributed by atoms with Crippen LogP contribution in [0.25, 0.3) is 0 Å². The normalized spacial score (nSPS) is 15.1. The van der Waals surface area contributed by atoms with Crippen molar-refractivity contribution in [3.63, 3.8) is 0 Å². The van der Waals surface area contributed by atoms with Crippen molar-refractivity contribution in [1.82, 2.24) is 14.5 Å². The lowest BCUT2D eigenvalue weighted by Gasteiger charge is -2.35. The highest BCUT2D eigenvalue weighted by Gasteiger charge is 2.34. The third kappa shape index (κ3) is 8.05. The average molecular weight is 557 g/mol. The first-order valence-corrected chi connectivity index (χ1v) is 15.4. The van der Waals surface area contributed by atoms with Crippen molar-refractivity contribution in [3.05, 3.63) is 65.2 Å². The van der Waals surface area contributed by atoms with Crippen LogP contribution in [0.3, 0.4) is 0 Å². The van der Waals surface area contributed by atoms with Crippen molar-refractivity contribution in [3.8, 4) is 0 Å². The summed E-state index contributed by atoms with van der Waals surface area (Å²) >= 11 is 0. The van der Waals surface area contributed by atoms with Gasteiger partial charge in [0.25, 0.3) is 0 Å². The van der Waals surface area contributed by atoms with Gasteiger partial charge >= 0.3 is 10.2 Å². The van der Waals surface area contributed by atoms with Gasteiger partial charge in [-0.3, -0.25) is 9.59 Å². The van der Waals surface area contributed by atoms with E-state index in [9.17, 15) is 18.0 Å². The van der Waals surface area contributed by atoms with Gasteiger partial charge in [-0.2, -0.15) is 12.7 Å². The van der Waals surface area contributed by atoms with Gasteiger partial charge in [-0.05, 0) is 62.3 Å². The minimum absolute atomic E-state index is 0.118. The Morgan fingerprint density at radius 3 is 2.28 bits per heavy atom. The summed E-state index contributed by atoms with van der Waals surface area (Å²) in [7, 11) is -1.07. The molecule has 1 saturated carbocycles. The predicted octanol–water partition coefficient (Wildman–Crippen LogP) is 4.22. The molecular formula is C30H44N4O4S. The van der Waals surface area contributed by atoms with Crippen LogP contribution < -0.4 is 9.62 Å². The summed E-state index contributed by atoms with van der Waals surface area (Å²) in [6.07, 6.45) is 6.24. The molecule has 2 aromatic carbocycles. The molecule has 2 aromatic rings. The van der Waals surface area contributed by atoms with Gasteiger partial charge < -0.3 is 10.2 Å². The van der Waals surface area contributed by atoms with Gasteiger partial charge in [0.15, 0.2) is 0 Å². The van der Waals surface area contributed by atoms with Crippen LogP contribution in [0.5, 0.6) is 0 Å². The van der Waals surface area contributed by atoms with Crippen molar-refractivity contribution >= 4 is 27.7 Å². The van der Waals surface area contributed by atoms with E-state index in [1.54, 1.807) is 11.0 Å². The van der Waals surface area contributed by atoms with E-state index in [0.717, 1.165) is 46.7 Å². The number of hydrogen-bond donors (Lipinski definition) is 1. The predicted molar refractivity (Wildman–Crippen MR) is 157 cm³/mol. The van der Waals surface area contributed by atoms with Gasteiger partial charge in [0.1, 0.15) is 12.6 Å². The Morgan fingerprint density at radius 2 is 1.67 bits per heavy atom. The molecule has 8 nitrogen and oxygen atoms in total. The molecule has 2 amide bonds. The Hall–Kier alpha value is -2.91. The van der Waals surface area contributed by atoms with E-state index < -0.39 is 28.7 Å². The molecule has 39 heavy (non-hydrogen) atoms. The second-order valence-electron chi connectivity index (χ2n) is 10.7. The summed E-state index contributed by atoms with van der Waals surface area (Å²) < 4.78 is 29.2. The number of carbonyl (C=O) groups is 2. The Balaban J connectivity index is 1.94. The third-order valence-electron chi connectivity index (χ3n) is 7.47. The second-order valence-corrected chi connectivity index (χ2v) is 12.7. The Kier molecular flexibility index (Phi) is 10.9. The first-order chi connectivity index (χ1) is 18.5. The summed E-state index contributed by atoms with van der Waals surface area (Å²) in [6.45, 7) is 5.53. The molecule has 1 atom stereocenters. The summed E-state index contributed by atoms with van der Waals surface area (Å²) in [5.74, 6) is -0.567. The number of carbonyl (C=O) groups excluding carboxylic acids is 2. The Morgan fingerprint density at radius 1 is 1.00 bits per heavy atom. The molecule has 3 rings (SSSR count). The molecule has 1 aliphatic carbocycles. The molecule has 0 spiro atoms. The summed E-state index contributed by atoms with van der Waals surface area (Å²) in [5.41, 5.74) is 3.14. The van der Waals surface area contributed by atoms with E-state index in [0.29, 0.717) is 25.1 Å². The highest BCUT2D eigenvalue weighted by Crippen LogP contribution is 2.26. The van der Waals surface area contributed by atoms with Gasteiger partial charge in [0, 0.05) is 26.7 Å². The molecule has 9 heteroatoms. The van der Waals surface area contributed by atoms with Gasteiger partial charge in [0.05, 0.1) is 5.69 Å². The molecule has 0 unspecified atom stereocenters. The number of amides is 2. The summed E-state index contributed by atoms with van der Waals surface area (Å²) in [6, 6.07) is 14.8. The van der Waals surface area contributed by atoms with Gasteiger partial charge in [-0.25, -0.2) is 4.31 Å². The van der Waals surface area contributed by atoms with E-state index in [1.165, 1.54) is 24.8 Å². The standard InChI is InChI=1S/C30H44N4O4S/c1-6-27(30(36)31-26-15-11-8-12-16-26)33(20-19-25-13-9-7-10-14-25)29(35)22-34(39(37,38)32(4)5)28-21-23(2)17-18-24(28)3/h7,9-10,13-14,17-18,21,26-27H,6,8,11-12,15-16,19-20,22H2,1-5H3,(H,31,36)/t27-/m1/s1. The molecule has 1 N–H and O–H groups in total. The quantitative estimate of drug-likeness (QED) is 0.424. The van der Waals surface area contributed by atoms with E-state index in [1.807, 2.05) is 63.2 Å². The zero-order valence-electron chi connectivity index (χ0n) is 24.0. The van der Waals surface area contributed by atoms with Crippen molar-refractivity contribution < 1.29 is 18.0 Å². The maximum atomic E-state index is 14.0. The van der Waals surface area contributed by atoms with Gasteiger partial charge in [-0.15, -0.1) is 0 Å². The fourth-order valence-corrected chi connectivity index (χ4v) is 6.24. The number of aryl methyl sites for hydroxylation is 2. The smallest absolute Gasteiger partial charge is 0.304 e. The SMILES string of the molecule is CC[C@H](C(=O)NC1CCCCC1)N(CCc1ccccc1)C(=O)CN(c1cc(C)ccc1C)S(=O)(=O)N(C)C. The fraction of sp³-hybridized carbons (Fsp3) is 0.533. The first-order valence-electron chi connectivity index (χ1n) is 14.0. The third-order valence-corrected chi connectivity index (χ3v) is 9.28. The lowest BCUT2D eigenvalue weighted by atomic mass is 9.95. The van der Waals surface area contributed by atoms with Crippen LogP contribution in [-0.2, 0) is 26.2 Å². The topological polar surface area (TPSA) is 90.0 Å². The van der Waals surface area contributed by atoms with E-state index in [2.05, 4.69) is 5.32 Å². The maximum Gasteiger partial charge on any atom is 0.304 e. The highest BCUT2D eigenvalue weighted by molar-refractivity contribution is 7.90. The zero-order valence-corrected chi connectivity index (χ0v) is 24.8. The molecule has 0 radical (unpaired) electrons. The number of hydrogen-bond acceptors (Lipinski definition) is 4. The number of benzene rings is 2. The van der Waals surface area contributed by atoms with E-state index >= 15 is 0 Å². The maximum absolute atomic E-state index is 14.0. The van der Waals surface area contributed by atoms with Crippen LogP contribution in [0.1, 0.15) is 62.1 Å². The molecule has 1 aliphatic rings. The first kappa shape index (κ1) is 30.6. The lowest BCUT2D eigenvalue weighted by molar-refractivity contribution is -0.140. The number of nitrogens with zero attached hydrogens (tertiary/aromatic N) is 3. The molecular weight excluding hydrogens is 512 g/mol. The molecule has 214 valence electrons. The highest BCUT2D eigenvalue weighted by atomic mass is 32.2. The minimum atomic E-state index is -3.98. The van der Waals surface area contributed by atoms with Gasteiger partial charge in [-0.1, -0.05) is 68.7 Å². The van der Waals surface area contributed by atoms with Crippen molar-refractivity contribution in [2.45, 2.75) is 77.8 Å². The van der Waals surface area contributed by atoms with Crippen LogP contribution in [0.2, 0.25) is 0 Å². The summed E-state index contributed by atoms with van der Waals surface area (Å²) in [4.78, 5) is 29.1. The largest absolute Gasteiger partial charge is 0.352 e. The number of nitrogens with one attached hydrogen (secondary N) is 1. The van der Waals surface area contributed by atoms with Crippen molar-refractivity contribution in [2.24, 2.45) is 0 Å². The van der Waals surface area contributed by atoms with Crippen LogP contribution in [0.4, 0.5) is 5.69 Å². The molecule has 0 bridgehead atoms. The lowest BCUT2D eigenvalue weighted by Crippen LogP contribution is -2.55. The number of anilines is 1. The van der Waals surface area contributed by atoms with Gasteiger partial charge in [0.2, 0.25) is 11.8 Å². The minimum Gasteiger partial charge on any atom is -0.352 e. The zero-order chi connectivity index (χ0) is 28.6.